The molecule has 0 unspecified atom stereocenters. The Kier molecular flexibility index (Phi) is 2.51. The Bertz CT molecular complexity index is 239. The van der Waals surface area contributed by atoms with Gasteiger partial charge in [0.05, 0.1) is 6.20 Å². The molecule has 0 radical (unpaired) electrons. The SMILES string of the molecule is NC[C@H](N)c1cncc(F)c1. The first-order valence-electron chi connectivity index (χ1n) is 3.30. The van der Waals surface area contributed by atoms with Gasteiger partial charge in [0.15, 0.2) is 0 Å². The van der Waals surface area contributed by atoms with Gasteiger partial charge >= 0.3 is 0 Å². The maximum atomic E-state index is 12.5. The lowest BCUT2D eigenvalue weighted by atomic mass is 10.1. The fraction of sp³-hybridized carbons (Fsp3) is 0.286. The molecule has 4 heteroatoms. The van der Waals surface area contributed by atoms with Gasteiger partial charge in [0, 0.05) is 18.8 Å². The predicted molar refractivity (Wildman–Crippen MR) is 40.2 cm³/mol. The molecule has 0 saturated heterocycles. The van der Waals surface area contributed by atoms with Crippen molar-refractivity contribution in [1.82, 2.24) is 4.98 Å². The van der Waals surface area contributed by atoms with E-state index in [0.29, 0.717) is 12.1 Å². The van der Waals surface area contributed by atoms with Gasteiger partial charge in [-0.3, -0.25) is 4.98 Å². The Morgan fingerprint density at radius 3 is 2.82 bits per heavy atom. The Labute approximate surface area is 64.2 Å². The summed E-state index contributed by atoms with van der Waals surface area (Å²) in [5.74, 6) is -0.383. The molecule has 0 aliphatic heterocycles. The van der Waals surface area contributed by atoms with Crippen molar-refractivity contribution in [2.24, 2.45) is 11.5 Å². The monoisotopic (exact) mass is 155 g/mol. The van der Waals surface area contributed by atoms with Gasteiger partial charge in [-0.1, -0.05) is 0 Å². The summed E-state index contributed by atoms with van der Waals surface area (Å²) in [5.41, 5.74) is 11.4. The molecule has 3 nitrogen and oxygen atoms in total. The summed E-state index contributed by atoms with van der Waals surface area (Å²) in [7, 11) is 0. The first-order chi connectivity index (χ1) is 5.24. The van der Waals surface area contributed by atoms with Crippen LogP contribution in [0.25, 0.3) is 0 Å². The maximum Gasteiger partial charge on any atom is 0.141 e. The van der Waals surface area contributed by atoms with Crippen molar-refractivity contribution < 1.29 is 4.39 Å². The first kappa shape index (κ1) is 8.10. The van der Waals surface area contributed by atoms with Crippen molar-refractivity contribution in [3.63, 3.8) is 0 Å². The highest BCUT2D eigenvalue weighted by atomic mass is 19.1. The van der Waals surface area contributed by atoms with Crippen LogP contribution in [0.3, 0.4) is 0 Å². The number of aromatic nitrogens is 1. The van der Waals surface area contributed by atoms with Crippen molar-refractivity contribution >= 4 is 0 Å². The highest BCUT2D eigenvalue weighted by molar-refractivity contribution is 5.14. The smallest absolute Gasteiger partial charge is 0.141 e. The molecule has 0 fully saturated rings. The third kappa shape index (κ3) is 1.96. The lowest BCUT2D eigenvalue weighted by Crippen LogP contribution is -2.20. The largest absolute Gasteiger partial charge is 0.329 e. The maximum absolute atomic E-state index is 12.5. The molecule has 1 heterocycles. The third-order valence-corrected chi connectivity index (χ3v) is 1.41. The van der Waals surface area contributed by atoms with Gasteiger partial charge in [-0.2, -0.15) is 0 Å². The number of nitrogens with zero attached hydrogens (tertiary/aromatic N) is 1. The molecule has 1 rings (SSSR count). The van der Waals surface area contributed by atoms with Crippen molar-refractivity contribution in [3.05, 3.63) is 29.8 Å². The molecular formula is C7H10FN3. The molecule has 0 aliphatic carbocycles. The molecule has 0 amide bonds. The Balaban J connectivity index is 2.86. The van der Waals surface area contributed by atoms with E-state index in [1.54, 1.807) is 0 Å². The van der Waals surface area contributed by atoms with E-state index < -0.39 is 0 Å². The average Bonchev–Trinajstić information content (AvgIpc) is 2.03. The standard InChI is InChI=1S/C7H10FN3/c8-6-1-5(3-11-4-6)7(10)2-9/h1,3-4,7H,2,9-10H2/t7-/m0/s1. The van der Waals surface area contributed by atoms with Crippen LogP contribution >= 0.6 is 0 Å². The molecule has 0 saturated carbocycles. The molecule has 0 bridgehead atoms. The summed E-state index contributed by atoms with van der Waals surface area (Å²) in [6.07, 6.45) is 2.65. The van der Waals surface area contributed by atoms with Crippen molar-refractivity contribution in [3.8, 4) is 0 Å². The van der Waals surface area contributed by atoms with Crippen LogP contribution < -0.4 is 11.5 Å². The number of halogens is 1. The van der Waals surface area contributed by atoms with Crippen LogP contribution in [0.2, 0.25) is 0 Å². The van der Waals surface area contributed by atoms with Crippen LogP contribution in [0.1, 0.15) is 11.6 Å². The van der Waals surface area contributed by atoms with Gasteiger partial charge < -0.3 is 11.5 Å². The van der Waals surface area contributed by atoms with E-state index in [1.165, 1.54) is 12.3 Å². The van der Waals surface area contributed by atoms with Crippen LogP contribution in [0.5, 0.6) is 0 Å². The second-order valence-electron chi connectivity index (χ2n) is 2.28. The van der Waals surface area contributed by atoms with Gasteiger partial charge in [0.25, 0.3) is 0 Å². The zero-order valence-electron chi connectivity index (χ0n) is 6.00. The van der Waals surface area contributed by atoms with Crippen LogP contribution in [0.15, 0.2) is 18.5 Å². The molecule has 0 spiro atoms. The predicted octanol–water partition coefficient (Wildman–Crippen LogP) is 0.179. The number of hydrogen-bond acceptors (Lipinski definition) is 3. The van der Waals surface area contributed by atoms with Crippen molar-refractivity contribution in [1.29, 1.82) is 0 Å². The van der Waals surface area contributed by atoms with E-state index in [1.807, 2.05) is 0 Å². The first-order valence-corrected chi connectivity index (χ1v) is 3.30. The van der Waals surface area contributed by atoms with Gasteiger partial charge in [0.1, 0.15) is 5.82 Å². The van der Waals surface area contributed by atoms with Crippen LogP contribution in [-0.2, 0) is 0 Å². The number of rotatable bonds is 2. The zero-order valence-corrected chi connectivity index (χ0v) is 6.00. The fourth-order valence-electron chi connectivity index (χ4n) is 0.767. The van der Waals surface area contributed by atoms with Crippen LogP contribution in [0.4, 0.5) is 4.39 Å². The Hall–Kier alpha value is -1.00. The highest BCUT2D eigenvalue weighted by Crippen LogP contribution is 2.07. The highest BCUT2D eigenvalue weighted by Gasteiger charge is 2.03. The topological polar surface area (TPSA) is 64.9 Å². The minimum absolute atomic E-state index is 0.297. The van der Waals surface area contributed by atoms with E-state index in [-0.39, 0.29) is 11.9 Å². The molecule has 0 aliphatic rings. The van der Waals surface area contributed by atoms with Gasteiger partial charge in [-0.25, -0.2) is 4.39 Å². The van der Waals surface area contributed by atoms with Gasteiger partial charge in [-0.05, 0) is 11.6 Å². The number of nitrogens with two attached hydrogens (primary N) is 2. The van der Waals surface area contributed by atoms with Crippen LogP contribution in [-0.4, -0.2) is 11.5 Å². The second kappa shape index (κ2) is 3.41. The molecule has 11 heavy (non-hydrogen) atoms. The van der Waals surface area contributed by atoms with E-state index in [9.17, 15) is 4.39 Å². The summed E-state index contributed by atoms with van der Waals surface area (Å²) in [6.45, 7) is 0.297. The van der Waals surface area contributed by atoms with E-state index in [0.717, 1.165) is 6.20 Å². The Morgan fingerprint density at radius 2 is 2.27 bits per heavy atom. The summed E-state index contributed by atoms with van der Waals surface area (Å²) in [4.78, 5) is 3.64. The summed E-state index contributed by atoms with van der Waals surface area (Å²) in [6, 6.07) is 1.02. The zero-order chi connectivity index (χ0) is 8.27. The fourth-order valence-corrected chi connectivity index (χ4v) is 0.767. The summed E-state index contributed by atoms with van der Waals surface area (Å²) >= 11 is 0. The molecule has 60 valence electrons. The quantitative estimate of drug-likeness (QED) is 0.640. The molecule has 4 N–H and O–H groups in total. The molecule has 1 aromatic rings. The number of hydrogen-bond donors (Lipinski definition) is 2. The van der Waals surface area contributed by atoms with Crippen molar-refractivity contribution in [2.75, 3.05) is 6.54 Å². The normalized spacial score (nSPS) is 13.0. The lowest BCUT2D eigenvalue weighted by Gasteiger charge is -2.06. The summed E-state index contributed by atoms with van der Waals surface area (Å²) < 4.78 is 12.5. The lowest BCUT2D eigenvalue weighted by molar-refractivity contribution is 0.612. The third-order valence-electron chi connectivity index (χ3n) is 1.41. The average molecular weight is 155 g/mol. The minimum Gasteiger partial charge on any atom is -0.329 e. The number of pyridine rings is 1. The minimum atomic E-state index is -0.383. The molecular weight excluding hydrogens is 145 g/mol. The van der Waals surface area contributed by atoms with Crippen LogP contribution in [0, 0.1) is 5.82 Å². The van der Waals surface area contributed by atoms with Gasteiger partial charge in [0.2, 0.25) is 0 Å². The summed E-state index contributed by atoms with van der Waals surface area (Å²) in [5, 5.41) is 0. The van der Waals surface area contributed by atoms with E-state index in [2.05, 4.69) is 4.98 Å². The van der Waals surface area contributed by atoms with Gasteiger partial charge in [-0.15, -0.1) is 0 Å². The molecule has 0 aromatic carbocycles. The molecule has 1 atom stereocenters. The molecule has 1 aromatic heterocycles. The second-order valence-corrected chi connectivity index (χ2v) is 2.28. The van der Waals surface area contributed by atoms with E-state index in [4.69, 9.17) is 11.5 Å². The Morgan fingerprint density at radius 1 is 1.55 bits per heavy atom. The van der Waals surface area contributed by atoms with Crippen molar-refractivity contribution in [2.45, 2.75) is 6.04 Å². The van der Waals surface area contributed by atoms with E-state index >= 15 is 0 Å².